The maximum absolute atomic E-state index is 12.2. The lowest BCUT2D eigenvalue weighted by molar-refractivity contribution is -0.274. The van der Waals surface area contributed by atoms with Gasteiger partial charge in [-0.15, -0.1) is 29.6 Å². The number of thiazole rings is 1. The Balaban J connectivity index is 1.68. The molecule has 0 radical (unpaired) electrons. The van der Waals surface area contributed by atoms with E-state index in [1.165, 1.54) is 63.9 Å². The molecule has 28 heavy (non-hydrogen) atoms. The van der Waals surface area contributed by atoms with Crippen LogP contribution in [0.2, 0.25) is 0 Å². The Morgan fingerprint density at radius 1 is 1.32 bits per heavy atom. The number of hydrogen-bond acceptors (Lipinski definition) is 8. The predicted octanol–water partition coefficient (Wildman–Crippen LogP) is 3.29. The normalized spacial score (nSPS) is 11.5. The molecule has 2 heterocycles. The average molecular weight is 430 g/mol. The molecular weight excluding hydrogens is 417 g/mol. The minimum atomic E-state index is -4.75. The van der Waals surface area contributed by atoms with Gasteiger partial charge in [0.1, 0.15) is 5.75 Å². The van der Waals surface area contributed by atoms with E-state index in [9.17, 15) is 18.0 Å². The largest absolute Gasteiger partial charge is 0.573 e. The van der Waals surface area contributed by atoms with Crippen LogP contribution in [0.1, 0.15) is 12.6 Å². The Morgan fingerprint density at radius 2 is 2.04 bits per heavy atom. The molecule has 3 rings (SSSR count). The van der Waals surface area contributed by atoms with Crippen LogP contribution < -0.4 is 9.64 Å². The summed E-state index contributed by atoms with van der Waals surface area (Å²) in [7, 11) is 1.64. The fraction of sp³-hybridized carbons (Fsp3) is 0.267. The van der Waals surface area contributed by atoms with Gasteiger partial charge in [-0.05, 0) is 34.7 Å². The van der Waals surface area contributed by atoms with Gasteiger partial charge in [0.25, 0.3) is 0 Å². The third-order valence-electron chi connectivity index (χ3n) is 3.40. The molecule has 0 saturated carbocycles. The first kappa shape index (κ1) is 20.1. The molecule has 0 unspecified atom stereocenters. The number of benzene rings is 1. The van der Waals surface area contributed by atoms with Crippen LogP contribution in [-0.2, 0) is 10.5 Å². The Kier molecular flexibility index (Phi) is 5.84. The third-order valence-corrected chi connectivity index (χ3v) is 5.32. The van der Waals surface area contributed by atoms with E-state index in [1.54, 1.807) is 7.05 Å². The number of hydrogen-bond donors (Lipinski definition) is 0. The van der Waals surface area contributed by atoms with E-state index in [0.29, 0.717) is 21.7 Å². The van der Waals surface area contributed by atoms with Gasteiger partial charge >= 0.3 is 6.36 Å². The first-order chi connectivity index (χ1) is 13.2. The Hall–Kier alpha value is -2.67. The minimum absolute atomic E-state index is 0.115. The van der Waals surface area contributed by atoms with Gasteiger partial charge in [0.05, 0.1) is 11.4 Å². The van der Waals surface area contributed by atoms with Crippen molar-refractivity contribution < 1.29 is 22.7 Å². The molecule has 0 aliphatic carbocycles. The lowest BCUT2D eigenvalue weighted by Gasteiger charge is -2.09. The number of rotatable bonds is 6. The number of amides is 1. The van der Waals surface area contributed by atoms with Gasteiger partial charge in [-0.1, -0.05) is 11.8 Å². The highest BCUT2D eigenvalue weighted by atomic mass is 32.2. The van der Waals surface area contributed by atoms with Gasteiger partial charge in [0.15, 0.2) is 5.13 Å². The molecule has 2 aromatic heterocycles. The molecule has 3 aromatic rings. The SMILES string of the molecule is CC(=O)N(C)c1nc(CSc2nnnn2-c2ccc(OC(F)(F)F)cc2)cs1. The van der Waals surface area contributed by atoms with Gasteiger partial charge in [-0.25, -0.2) is 4.98 Å². The summed E-state index contributed by atoms with van der Waals surface area (Å²) in [4.78, 5) is 17.2. The lowest BCUT2D eigenvalue weighted by Crippen LogP contribution is -2.22. The number of thioether (sulfide) groups is 1. The number of anilines is 1. The molecule has 0 fully saturated rings. The maximum Gasteiger partial charge on any atom is 0.573 e. The minimum Gasteiger partial charge on any atom is -0.406 e. The van der Waals surface area contributed by atoms with E-state index in [1.807, 2.05) is 5.38 Å². The molecule has 0 aliphatic rings. The molecule has 0 saturated heterocycles. The molecular formula is C15H13F3N6O2S2. The van der Waals surface area contributed by atoms with Crippen molar-refractivity contribution in [2.24, 2.45) is 0 Å². The number of alkyl halides is 3. The van der Waals surface area contributed by atoms with E-state index in [2.05, 4.69) is 25.2 Å². The van der Waals surface area contributed by atoms with Gasteiger partial charge in [-0.3, -0.25) is 9.69 Å². The molecule has 0 atom stereocenters. The van der Waals surface area contributed by atoms with Crippen molar-refractivity contribution in [3.05, 3.63) is 35.3 Å². The van der Waals surface area contributed by atoms with E-state index in [4.69, 9.17) is 0 Å². The van der Waals surface area contributed by atoms with Crippen molar-refractivity contribution in [2.45, 2.75) is 24.2 Å². The summed E-state index contributed by atoms with van der Waals surface area (Å²) >= 11 is 2.65. The smallest absolute Gasteiger partial charge is 0.406 e. The third kappa shape index (κ3) is 4.98. The summed E-state index contributed by atoms with van der Waals surface area (Å²) in [6, 6.07) is 5.21. The van der Waals surface area contributed by atoms with Crippen LogP contribution in [0.25, 0.3) is 5.69 Å². The lowest BCUT2D eigenvalue weighted by atomic mass is 10.3. The topological polar surface area (TPSA) is 86.0 Å². The second kappa shape index (κ2) is 8.14. The molecule has 0 aliphatic heterocycles. The van der Waals surface area contributed by atoms with Gasteiger partial charge in [-0.2, -0.15) is 4.68 Å². The number of tetrazole rings is 1. The zero-order valence-electron chi connectivity index (χ0n) is 14.5. The predicted molar refractivity (Wildman–Crippen MR) is 96.6 cm³/mol. The molecule has 0 bridgehead atoms. The van der Waals surface area contributed by atoms with Crippen LogP contribution in [0, 0.1) is 0 Å². The summed E-state index contributed by atoms with van der Waals surface area (Å²) in [6.45, 7) is 1.45. The average Bonchev–Trinajstić information content (AvgIpc) is 3.28. The van der Waals surface area contributed by atoms with Crippen molar-refractivity contribution in [2.75, 3.05) is 11.9 Å². The summed E-state index contributed by atoms with van der Waals surface area (Å²) in [6.07, 6.45) is -4.75. The number of halogens is 3. The monoisotopic (exact) mass is 430 g/mol. The molecule has 1 amide bonds. The van der Waals surface area contributed by atoms with Crippen molar-refractivity contribution in [1.29, 1.82) is 0 Å². The second-order valence-corrected chi connectivity index (χ2v) is 7.18. The number of nitrogens with zero attached hydrogens (tertiary/aromatic N) is 6. The van der Waals surface area contributed by atoms with Crippen LogP contribution in [0.15, 0.2) is 34.8 Å². The number of carbonyl (C=O) groups excluding carboxylic acids is 1. The highest BCUT2D eigenvalue weighted by molar-refractivity contribution is 7.98. The number of carbonyl (C=O) groups is 1. The van der Waals surface area contributed by atoms with Crippen LogP contribution in [0.4, 0.5) is 18.3 Å². The van der Waals surface area contributed by atoms with E-state index in [0.717, 1.165) is 5.69 Å². The van der Waals surface area contributed by atoms with Crippen LogP contribution >= 0.6 is 23.1 Å². The van der Waals surface area contributed by atoms with Crippen molar-refractivity contribution in [3.8, 4) is 11.4 Å². The molecule has 13 heteroatoms. The first-order valence-electron chi connectivity index (χ1n) is 7.69. The van der Waals surface area contributed by atoms with E-state index in [-0.39, 0.29) is 11.7 Å². The zero-order chi connectivity index (χ0) is 20.3. The molecule has 8 nitrogen and oxygen atoms in total. The fourth-order valence-corrected chi connectivity index (χ4v) is 3.73. The molecule has 0 spiro atoms. The summed E-state index contributed by atoms with van der Waals surface area (Å²) < 4.78 is 42.0. The number of aromatic nitrogens is 5. The number of ether oxygens (including phenoxy) is 1. The molecule has 1 aromatic carbocycles. The highest BCUT2D eigenvalue weighted by Gasteiger charge is 2.31. The summed E-state index contributed by atoms with van der Waals surface area (Å²) in [5, 5.41) is 14.3. The first-order valence-corrected chi connectivity index (χ1v) is 9.55. The van der Waals surface area contributed by atoms with Crippen molar-refractivity contribution in [1.82, 2.24) is 25.2 Å². The molecule has 148 valence electrons. The Labute approximate surface area is 165 Å². The summed E-state index contributed by atoms with van der Waals surface area (Å²) in [5.74, 6) is 0.0105. The van der Waals surface area contributed by atoms with E-state index >= 15 is 0 Å². The Bertz CT molecular complexity index is 957. The quantitative estimate of drug-likeness (QED) is 0.555. The highest BCUT2D eigenvalue weighted by Crippen LogP contribution is 2.27. The van der Waals surface area contributed by atoms with Gasteiger partial charge in [0, 0.05) is 25.1 Å². The van der Waals surface area contributed by atoms with E-state index < -0.39 is 6.36 Å². The van der Waals surface area contributed by atoms with Crippen LogP contribution in [0.3, 0.4) is 0 Å². The maximum atomic E-state index is 12.2. The second-order valence-electron chi connectivity index (χ2n) is 5.40. The van der Waals surface area contributed by atoms with Gasteiger partial charge < -0.3 is 4.74 Å². The van der Waals surface area contributed by atoms with Gasteiger partial charge in [0.2, 0.25) is 11.1 Å². The standard InChI is InChI=1S/C15H13F3N6O2S2/c1-9(25)23(2)13-19-10(7-27-13)8-28-14-20-21-22-24(14)11-3-5-12(6-4-11)26-15(16,17)18/h3-7H,8H2,1-2H3. The van der Waals surface area contributed by atoms with Crippen LogP contribution in [-0.4, -0.2) is 44.5 Å². The summed E-state index contributed by atoms with van der Waals surface area (Å²) in [5.41, 5.74) is 1.24. The van der Waals surface area contributed by atoms with Crippen LogP contribution in [0.5, 0.6) is 5.75 Å². The zero-order valence-corrected chi connectivity index (χ0v) is 16.2. The molecule has 0 N–H and O–H groups in total. The van der Waals surface area contributed by atoms with Crippen molar-refractivity contribution in [3.63, 3.8) is 0 Å². The Morgan fingerprint density at radius 3 is 2.68 bits per heavy atom. The fourth-order valence-electron chi connectivity index (χ4n) is 2.01. The van der Waals surface area contributed by atoms with Crippen molar-refractivity contribution >= 4 is 34.1 Å².